The molecule has 1 aromatic heterocycles. The smallest absolute Gasteiger partial charge is 0.339 e. The molecule has 1 saturated carbocycles. The summed E-state index contributed by atoms with van der Waals surface area (Å²) in [5.74, 6) is -1.03. The third-order valence-corrected chi connectivity index (χ3v) is 3.98. The molecular formula is C14H18F2N2O2. The topological polar surface area (TPSA) is 63.1 Å². The highest BCUT2D eigenvalue weighted by molar-refractivity contribution is 5.88. The van der Waals surface area contributed by atoms with E-state index in [0.29, 0.717) is 5.82 Å². The Morgan fingerprint density at radius 1 is 1.40 bits per heavy atom. The maximum Gasteiger partial charge on any atom is 0.339 e. The molecule has 0 spiro atoms. The van der Waals surface area contributed by atoms with Gasteiger partial charge in [-0.05, 0) is 31.1 Å². The number of aromatic nitrogens is 2. The highest BCUT2D eigenvalue weighted by Gasteiger charge is 2.30. The molecule has 1 N–H and O–H groups in total. The summed E-state index contributed by atoms with van der Waals surface area (Å²) in [6.45, 7) is 4.37. The van der Waals surface area contributed by atoms with Crippen molar-refractivity contribution in [1.29, 1.82) is 0 Å². The fourth-order valence-electron chi connectivity index (χ4n) is 2.59. The van der Waals surface area contributed by atoms with Crippen molar-refractivity contribution in [2.45, 2.75) is 51.9 Å². The van der Waals surface area contributed by atoms with Crippen LogP contribution in [0.4, 0.5) is 8.78 Å². The number of nitrogens with zero attached hydrogens (tertiary/aromatic N) is 2. The largest absolute Gasteiger partial charge is 0.478 e. The number of carboxylic acids is 1. The van der Waals surface area contributed by atoms with Crippen LogP contribution in [-0.4, -0.2) is 21.0 Å². The van der Waals surface area contributed by atoms with Gasteiger partial charge in [0.05, 0.1) is 0 Å². The molecule has 0 bridgehead atoms. The van der Waals surface area contributed by atoms with Gasteiger partial charge in [-0.3, -0.25) is 0 Å². The summed E-state index contributed by atoms with van der Waals surface area (Å²) in [5, 5.41) is 8.87. The molecule has 0 aliphatic heterocycles. The molecule has 1 aliphatic carbocycles. The van der Waals surface area contributed by atoms with Crippen LogP contribution in [0.5, 0.6) is 0 Å². The molecule has 1 aliphatic rings. The van der Waals surface area contributed by atoms with Gasteiger partial charge in [0.2, 0.25) is 0 Å². The van der Waals surface area contributed by atoms with Crippen LogP contribution in [0.25, 0.3) is 0 Å². The molecule has 110 valence electrons. The van der Waals surface area contributed by atoms with E-state index in [1.807, 2.05) is 0 Å². The molecule has 0 saturated heterocycles. The maximum atomic E-state index is 12.9. The van der Waals surface area contributed by atoms with Crippen LogP contribution in [0.3, 0.4) is 0 Å². The second kappa shape index (κ2) is 5.42. The normalized spacial score (nSPS) is 19.2. The minimum atomic E-state index is -2.90. The highest BCUT2D eigenvalue weighted by atomic mass is 19.3. The SMILES string of the molecule is CC1(C)CCC(c2ncc(C(=O)O)c(C(F)F)n2)CC1. The van der Waals surface area contributed by atoms with Gasteiger partial charge in [-0.15, -0.1) is 0 Å². The molecule has 1 aromatic rings. The fraction of sp³-hybridized carbons (Fsp3) is 0.643. The lowest BCUT2D eigenvalue weighted by Gasteiger charge is -2.33. The van der Waals surface area contributed by atoms with Gasteiger partial charge in [0, 0.05) is 12.1 Å². The molecule has 4 nitrogen and oxygen atoms in total. The predicted molar refractivity (Wildman–Crippen MR) is 68.9 cm³/mol. The lowest BCUT2D eigenvalue weighted by Crippen LogP contribution is -2.22. The molecule has 0 aromatic carbocycles. The van der Waals surface area contributed by atoms with Gasteiger partial charge in [-0.1, -0.05) is 13.8 Å². The minimum Gasteiger partial charge on any atom is -0.478 e. The van der Waals surface area contributed by atoms with E-state index >= 15 is 0 Å². The van der Waals surface area contributed by atoms with Crippen LogP contribution < -0.4 is 0 Å². The molecule has 0 radical (unpaired) electrons. The van der Waals surface area contributed by atoms with Crippen LogP contribution in [0.15, 0.2) is 6.20 Å². The second-order valence-corrected chi connectivity index (χ2v) is 6.07. The number of hydrogen-bond donors (Lipinski definition) is 1. The zero-order chi connectivity index (χ0) is 14.9. The van der Waals surface area contributed by atoms with Crippen molar-refractivity contribution in [1.82, 2.24) is 9.97 Å². The van der Waals surface area contributed by atoms with Gasteiger partial charge in [0.1, 0.15) is 17.1 Å². The van der Waals surface area contributed by atoms with Crippen molar-refractivity contribution in [2.75, 3.05) is 0 Å². The average molecular weight is 284 g/mol. The number of aromatic carboxylic acids is 1. The summed E-state index contributed by atoms with van der Waals surface area (Å²) in [5.41, 5.74) is -0.921. The number of halogens is 2. The van der Waals surface area contributed by atoms with Crippen molar-refractivity contribution in [2.24, 2.45) is 5.41 Å². The van der Waals surface area contributed by atoms with E-state index in [1.165, 1.54) is 0 Å². The zero-order valence-electron chi connectivity index (χ0n) is 11.6. The fourth-order valence-corrected chi connectivity index (χ4v) is 2.59. The van der Waals surface area contributed by atoms with Crippen LogP contribution >= 0.6 is 0 Å². The summed E-state index contributed by atoms with van der Waals surface area (Å²) in [6.07, 6.45) is 1.79. The van der Waals surface area contributed by atoms with E-state index in [0.717, 1.165) is 31.9 Å². The third kappa shape index (κ3) is 3.11. The Morgan fingerprint density at radius 3 is 2.50 bits per heavy atom. The van der Waals surface area contributed by atoms with E-state index in [1.54, 1.807) is 0 Å². The van der Waals surface area contributed by atoms with E-state index in [9.17, 15) is 13.6 Å². The second-order valence-electron chi connectivity index (χ2n) is 6.07. The number of alkyl halides is 2. The lowest BCUT2D eigenvalue weighted by molar-refractivity contribution is 0.0681. The molecule has 0 unspecified atom stereocenters. The summed E-state index contributed by atoms with van der Waals surface area (Å²) in [6, 6.07) is 0. The van der Waals surface area contributed by atoms with Gasteiger partial charge < -0.3 is 5.11 Å². The Hall–Kier alpha value is -1.59. The molecule has 1 heterocycles. The highest BCUT2D eigenvalue weighted by Crippen LogP contribution is 2.41. The van der Waals surface area contributed by atoms with Gasteiger partial charge in [-0.25, -0.2) is 23.5 Å². The summed E-state index contributed by atoms with van der Waals surface area (Å²) in [4.78, 5) is 18.7. The molecule has 0 amide bonds. The first kappa shape index (κ1) is 14.8. The Balaban J connectivity index is 2.26. The van der Waals surface area contributed by atoms with Gasteiger partial charge in [0.25, 0.3) is 6.43 Å². The summed E-state index contributed by atoms with van der Waals surface area (Å²) < 4.78 is 25.8. The number of hydrogen-bond acceptors (Lipinski definition) is 3. The standard InChI is InChI=1S/C14H18F2N2O2/c1-14(2)5-3-8(4-6-14)12-17-7-9(13(19)20)10(18-12)11(15)16/h7-8,11H,3-6H2,1-2H3,(H,19,20). The van der Waals surface area contributed by atoms with Crippen molar-refractivity contribution < 1.29 is 18.7 Å². The van der Waals surface area contributed by atoms with Crippen molar-refractivity contribution >= 4 is 5.97 Å². The van der Waals surface area contributed by atoms with Gasteiger partial charge in [-0.2, -0.15) is 0 Å². The average Bonchev–Trinajstić information content (AvgIpc) is 2.37. The van der Waals surface area contributed by atoms with E-state index in [4.69, 9.17) is 5.11 Å². The van der Waals surface area contributed by atoms with E-state index < -0.39 is 23.7 Å². The molecule has 2 rings (SSSR count). The summed E-state index contributed by atoms with van der Waals surface area (Å²) in [7, 11) is 0. The number of rotatable bonds is 3. The Morgan fingerprint density at radius 2 is 2.00 bits per heavy atom. The Labute approximate surface area is 116 Å². The van der Waals surface area contributed by atoms with Crippen LogP contribution in [-0.2, 0) is 0 Å². The molecular weight excluding hydrogens is 266 g/mol. The zero-order valence-corrected chi connectivity index (χ0v) is 11.6. The summed E-state index contributed by atoms with van der Waals surface area (Å²) >= 11 is 0. The lowest BCUT2D eigenvalue weighted by atomic mass is 9.73. The monoisotopic (exact) mass is 284 g/mol. The van der Waals surface area contributed by atoms with Crippen LogP contribution in [0, 0.1) is 5.41 Å². The van der Waals surface area contributed by atoms with Gasteiger partial charge >= 0.3 is 5.97 Å². The molecule has 0 atom stereocenters. The molecule has 6 heteroatoms. The Kier molecular flexibility index (Phi) is 4.01. The quantitative estimate of drug-likeness (QED) is 0.917. The first-order valence-corrected chi connectivity index (χ1v) is 6.68. The first-order valence-electron chi connectivity index (χ1n) is 6.68. The van der Waals surface area contributed by atoms with Crippen molar-refractivity contribution in [3.8, 4) is 0 Å². The van der Waals surface area contributed by atoms with Crippen LogP contribution in [0.1, 0.15) is 73.8 Å². The first-order chi connectivity index (χ1) is 9.30. The van der Waals surface area contributed by atoms with E-state index in [-0.39, 0.29) is 11.3 Å². The molecule has 1 fully saturated rings. The Bertz CT molecular complexity index is 508. The predicted octanol–water partition coefficient (Wildman–Crippen LogP) is 3.80. The number of carboxylic acid groups (broad SMARTS) is 1. The molecule has 20 heavy (non-hydrogen) atoms. The van der Waals surface area contributed by atoms with Crippen molar-refractivity contribution in [3.63, 3.8) is 0 Å². The van der Waals surface area contributed by atoms with Gasteiger partial charge in [0.15, 0.2) is 0 Å². The minimum absolute atomic E-state index is 0.0448. The van der Waals surface area contributed by atoms with Crippen molar-refractivity contribution in [3.05, 3.63) is 23.3 Å². The third-order valence-electron chi connectivity index (χ3n) is 3.98. The maximum absolute atomic E-state index is 12.9. The van der Waals surface area contributed by atoms with E-state index in [2.05, 4.69) is 23.8 Å². The number of carbonyl (C=O) groups is 1. The van der Waals surface area contributed by atoms with Crippen LogP contribution in [0.2, 0.25) is 0 Å².